The lowest BCUT2D eigenvalue weighted by Gasteiger charge is -2.14. The van der Waals surface area contributed by atoms with Crippen LogP contribution in [0, 0.1) is 5.82 Å². The van der Waals surface area contributed by atoms with Crippen LogP contribution in [-0.2, 0) is 6.54 Å². The second kappa shape index (κ2) is 7.77. The molecule has 7 heteroatoms. The SMILES string of the molecule is O=C(NCCCN1C(=O)c2ccccc2C1=O)NCc1ccccc1F. The smallest absolute Gasteiger partial charge is 0.315 e. The van der Waals surface area contributed by atoms with E-state index in [1.807, 2.05) is 0 Å². The van der Waals surface area contributed by atoms with Crippen LogP contribution in [0.15, 0.2) is 48.5 Å². The molecule has 0 aliphatic carbocycles. The van der Waals surface area contributed by atoms with Gasteiger partial charge >= 0.3 is 6.03 Å². The second-order valence-electron chi connectivity index (χ2n) is 5.86. The molecule has 0 bridgehead atoms. The Labute approximate surface area is 150 Å². The monoisotopic (exact) mass is 355 g/mol. The van der Waals surface area contributed by atoms with Crippen LogP contribution < -0.4 is 10.6 Å². The summed E-state index contributed by atoms with van der Waals surface area (Å²) in [4.78, 5) is 37.3. The number of urea groups is 1. The average molecular weight is 355 g/mol. The van der Waals surface area contributed by atoms with Crippen LogP contribution in [0.1, 0.15) is 32.7 Å². The van der Waals surface area contributed by atoms with Crippen molar-refractivity contribution in [2.24, 2.45) is 0 Å². The molecule has 0 saturated heterocycles. The van der Waals surface area contributed by atoms with Crippen molar-refractivity contribution in [3.8, 4) is 0 Å². The zero-order valence-corrected chi connectivity index (χ0v) is 14.0. The number of halogens is 1. The van der Waals surface area contributed by atoms with Crippen molar-refractivity contribution in [1.29, 1.82) is 0 Å². The molecular weight excluding hydrogens is 337 g/mol. The number of hydrogen-bond donors (Lipinski definition) is 2. The first-order valence-electron chi connectivity index (χ1n) is 8.28. The predicted octanol–water partition coefficient (Wildman–Crippen LogP) is 2.31. The van der Waals surface area contributed by atoms with Gasteiger partial charge in [0.2, 0.25) is 0 Å². The van der Waals surface area contributed by atoms with E-state index in [1.165, 1.54) is 11.0 Å². The van der Waals surface area contributed by atoms with E-state index in [4.69, 9.17) is 0 Å². The number of imide groups is 1. The maximum Gasteiger partial charge on any atom is 0.315 e. The Balaban J connectivity index is 1.41. The average Bonchev–Trinajstić information content (AvgIpc) is 2.89. The molecule has 134 valence electrons. The molecular formula is C19H18FN3O3. The Morgan fingerprint density at radius 1 is 0.923 bits per heavy atom. The van der Waals surface area contributed by atoms with E-state index < -0.39 is 6.03 Å². The summed E-state index contributed by atoms with van der Waals surface area (Å²) >= 11 is 0. The van der Waals surface area contributed by atoms with E-state index in [0.717, 1.165) is 0 Å². The van der Waals surface area contributed by atoms with Crippen LogP contribution >= 0.6 is 0 Å². The summed E-state index contributed by atoms with van der Waals surface area (Å²) < 4.78 is 13.5. The number of benzene rings is 2. The van der Waals surface area contributed by atoms with Crippen molar-refractivity contribution in [2.45, 2.75) is 13.0 Å². The van der Waals surface area contributed by atoms with Crippen molar-refractivity contribution in [2.75, 3.05) is 13.1 Å². The van der Waals surface area contributed by atoms with Gasteiger partial charge in [0.05, 0.1) is 11.1 Å². The minimum atomic E-state index is -0.435. The summed E-state index contributed by atoms with van der Waals surface area (Å²) in [6.45, 7) is 0.591. The van der Waals surface area contributed by atoms with Crippen molar-refractivity contribution in [3.63, 3.8) is 0 Å². The summed E-state index contributed by atoms with van der Waals surface area (Å²) in [6, 6.07) is 12.5. The number of nitrogens with zero attached hydrogens (tertiary/aromatic N) is 1. The topological polar surface area (TPSA) is 78.5 Å². The molecule has 2 aromatic carbocycles. The number of fused-ring (bicyclic) bond motifs is 1. The van der Waals surface area contributed by atoms with Gasteiger partial charge in [0.1, 0.15) is 5.82 Å². The molecule has 2 N–H and O–H groups in total. The van der Waals surface area contributed by atoms with Gasteiger partial charge in [0.25, 0.3) is 11.8 Å². The van der Waals surface area contributed by atoms with E-state index in [1.54, 1.807) is 42.5 Å². The lowest BCUT2D eigenvalue weighted by molar-refractivity contribution is 0.0653. The summed E-state index contributed by atoms with van der Waals surface area (Å²) in [5.41, 5.74) is 1.22. The summed E-state index contributed by atoms with van der Waals surface area (Å²) in [5, 5.41) is 5.19. The molecule has 1 heterocycles. The van der Waals surface area contributed by atoms with Crippen LogP contribution in [0.3, 0.4) is 0 Å². The molecule has 0 fully saturated rings. The van der Waals surface area contributed by atoms with Crippen LogP contribution in [-0.4, -0.2) is 35.8 Å². The van der Waals surface area contributed by atoms with E-state index in [2.05, 4.69) is 10.6 Å². The Hall–Kier alpha value is -3.22. The van der Waals surface area contributed by atoms with Gasteiger partial charge in [0, 0.05) is 25.2 Å². The number of amides is 4. The minimum Gasteiger partial charge on any atom is -0.338 e. The third kappa shape index (κ3) is 3.72. The van der Waals surface area contributed by atoms with Crippen LogP contribution in [0.25, 0.3) is 0 Å². The van der Waals surface area contributed by atoms with Gasteiger partial charge in [0.15, 0.2) is 0 Å². The van der Waals surface area contributed by atoms with Crippen molar-refractivity contribution < 1.29 is 18.8 Å². The van der Waals surface area contributed by atoms with Gasteiger partial charge in [-0.3, -0.25) is 14.5 Å². The predicted molar refractivity (Wildman–Crippen MR) is 93.1 cm³/mol. The van der Waals surface area contributed by atoms with Crippen molar-refractivity contribution in [3.05, 3.63) is 71.0 Å². The fourth-order valence-corrected chi connectivity index (χ4v) is 2.76. The largest absolute Gasteiger partial charge is 0.338 e. The van der Waals surface area contributed by atoms with Gasteiger partial charge in [-0.1, -0.05) is 30.3 Å². The molecule has 1 aliphatic heterocycles. The minimum absolute atomic E-state index is 0.0803. The third-order valence-corrected chi connectivity index (χ3v) is 4.12. The lowest BCUT2D eigenvalue weighted by atomic mass is 10.1. The number of carbonyl (C=O) groups is 3. The zero-order valence-electron chi connectivity index (χ0n) is 14.0. The highest BCUT2D eigenvalue weighted by Gasteiger charge is 2.34. The summed E-state index contributed by atoms with van der Waals surface area (Å²) in [6.07, 6.45) is 0.429. The zero-order chi connectivity index (χ0) is 18.5. The van der Waals surface area contributed by atoms with Gasteiger partial charge in [-0.05, 0) is 24.6 Å². The highest BCUT2D eigenvalue weighted by Crippen LogP contribution is 2.22. The molecule has 0 radical (unpaired) electrons. The van der Waals surface area contributed by atoms with Crippen molar-refractivity contribution >= 4 is 17.8 Å². The second-order valence-corrected chi connectivity index (χ2v) is 5.86. The third-order valence-electron chi connectivity index (χ3n) is 4.12. The Bertz CT molecular complexity index is 818. The van der Waals surface area contributed by atoms with Crippen LogP contribution in [0.4, 0.5) is 9.18 Å². The maximum atomic E-state index is 13.5. The Kier molecular flexibility index (Phi) is 5.26. The first-order chi connectivity index (χ1) is 12.6. The number of nitrogens with one attached hydrogen (secondary N) is 2. The molecule has 4 amide bonds. The van der Waals surface area contributed by atoms with E-state index in [0.29, 0.717) is 23.1 Å². The number of rotatable bonds is 6. The normalized spacial score (nSPS) is 12.9. The number of carbonyl (C=O) groups excluding carboxylic acids is 3. The maximum absolute atomic E-state index is 13.5. The van der Waals surface area contributed by atoms with Gasteiger partial charge in [-0.15, -0.1) is 0 Å². The Morgan fingerprint density at radius 3 is 2.19 bits per heavy atom. The van der Waals surface area contributed by atoms with E-state index >= 15 is 0 Å². The summed E-state index contributed by atoms with van der Waals surface area (Å²) in [5.74, 6) is -0.998. The molecule has 0 aromatic heterocycles. The van der Waals surface area contributed by atoms with Crippen molar-refractivity contribution in [1.82, 2.24) is 15.5 Å². The molecule has 0 atom stereocenters. The highest BCUT2D eigenvalue weighted by atomic mass is 19.1. The van der Waals surface area contributed by atoms with Crippen LogP contribution in [0.2, 0.25) is 0 Å². The first-order valence-corrected chi connectivity index (χ1v) is 8.28. The van der Waals surface area contributed by atoms with Gasteiger partial charge in [-0.2, -0.15) is 0 Å². The first kappa shape index (κ1) is 17.6. The summed E-state index contributed by atoms with van der Waals surface area (Å²) in [7, 11) is 0. The molecule has 3 rings (SSSR count). The molecule has 26 heavy (non-hydrogen) atoms. The Morgan fingerprint density at radius 2 is 1.54 bits per heavy atom. The quantitative estimate of drug-likeness (QED) is 0.617. The molecule has 0 unspecified atom stereocenters. The molecule has 6 nitrogen and oxygen atoms in total. The molecule has 2 aromatic rings. The molecule has 0 spiro atoms. The van der Waals surface area contributed by atoms with E-state index in [-0.39, 0.29) is 37.3 Å². The fourth-order valence-electron chi connectivity index (χ4n) is 2.76. The fraction of sp³-hybridized carbons (Fsp3) is 0.211. The van der Waals surface area contributed by atoms with Gasteiger partial charge in [-0.25, -0.2) is 9.18 Å². The standard InChI is InChI=1S/C19H18FN3O3/c20-16-9-4-1-6-13(16)12-22-19(26)21-10-5-11-23-17(24)14-7-2-3-8-15(14)18(23)25/h1-4,6-9H,5,10-12H2,(H2,21,22,26). The lowest BCUT2D eigenvalue weighted by Crippen LogP contribution is -2.38. The van der Waals surface area contributed by atoms with Crippen LogP contribution in [0.5, 0.6) is 0 Å². The van der Waals surface area contributed by atoms with Gasteiger partial charge < -0.3 is 10.6 Å². The molecule has 1 aliphatic rings. The molecule has 0 saturated carbocycles. The van der Waals surface area contributed by atoms with E-state index in [9.17, 15) is 18.8 Å². The highest BCUT2D eigenvalue weighted by molar-refractivity contribution is 6.21. The number of hydrogen-bond acceptors (Lipinski definition) is 3.